The van der Waals surface area contributed by atoms with Crippen LogP contribution in [0.15, 0.2) is 0 Å². The van der Waals surface area contributed by atoms with Gasteiger partial charge in [-0.2, -0.15) is 0 Å². The second-order valence-electron chi connectivity index (χ2n) is 4.70. The Labute approximate surface area is 94.0 Å². The van der Waals surface area contributed by atoms with Crippen LogP contribution in [0.2, 0.25) is 0 Å². The SMILES string of the molecule is CCC(N)CCN1CCC(COC)CC1. The number of likely N-dealkylation sites (tertiary alicyclic amines) is 1. The van der Waals surface area contributed by atoms with Gasteiger partial charge >= 0.3 is 0 Å². The van der Waals surface area contributed by atoms with Gasteiger partial charge in [0.1, 0.15) is 0 Å². The van der Waals surface area contributed by atoms with Crippen LogP contribution in [0.1, 0.15) is 32.6 Å². The molecule has 2 N–H and O–H groups in total. The van der Waals surface area contributed by atoms with Gasteiger partial charge in [0, 0.05) is 19.8 Å². The minimum absolute atomic E-state index is 0.390. The molecule has 0 saturated carbocycles. The molecule has 1 unspecified atom stereocenters. The van der Waals surface area contributed by atoms with Crippen molar-refractivity contribution in [3.63, 3.8) is 0 Å². The van der Waals surface area contributed by atoms with Gasteiger partial charge in [0.2, 0.25) is 0 Å². The molecule has 1 aliphatic heterocycles. The van der Waals surface area contributed by atoms with Crippen molar-refractivity contribution in [3.05, 3.63) is 0 Å². The van der Waals surface area contributed by atoms with E-state index in [2.05, 4.69) is 11.8 Å². The molecular weight excluding hydrogens is 188 g/mol. The number of ether oxygens (including phenoxy) is 1. The number of nitrogens with two attached hydrogens (primary N) is 1. The maximum atomic E-state index is 5.92. The first kappa shape index (κ1) is 12.9. The molecule has 0 spiro atoms. The molecule has 0 amide bonds. The van der Waals surface area contributed by atoms with Crippen LogP contribution in [0.4, 0.5) is 0 Å². The van der Waals surface area contributed by atoms with E-state index < -0.39 is 0 Å². The monoisotopic (exact) mass is 214 g/mol. The van der Waals surface area contributed by atoms with E-state index in [0.29, 0.717) is 6.04 Å². The van der Waals surface area contributed by atoms with Crippen molar-refractivity contribution in [1.29, 1.82) is 0 Å². The van der Waals surface area contributed by atoms with E-state index in [4.69, 9.17) is 10.5 Å². The van der Waals surface area contributed by atoms with Gasteiger partial charge in [0.25, 0.3) is 0 Å². The van der Waals surface area contributed by atoms with Crippen molar-refractivity contribution >= 4 is 0 Å². The van der Waals surface area contributed by atoms with E-state index in [1.54, 1.807) is 7.11 Å². The fourth-order valence-electron chi connectivity index (χ4n) is 2.16. The fourth-order valence-corrected chi connectivity index (χ4v) is 2.16. The summed E-state index contributed by atoms with van der Waals surface area (Å²) in [6.07, 6.45) is 4.82. The molecule has 1 rings (SSSR count). The molecule has 0 radical (unpaired) electrons. The van der Waals surface area contributed by atoms with Gasteiger partial charge in [-0.05, 0) is 51.2 Å². The Hall–Kier alpha value is -0.120. The summed E-state index contributed by atoms with van der Waals surface area (Å²) in [5.41, 5.74) is 5.92. The Bertz CT molecular complexity index is 156. The van der Waals surface area contributed by atoms with Gasteiger partial charge in [-0.15, -0.1) is 0 Å². The van der Waals surface area contributed by atoms with Gasteiger partial charge in [-0.25, -0.2) is 0 Å². The average molecular weight is 214 g/mol. The first-order valence-electron chi connectivity index (χ1n) is 6.23. The number of piperidine rings is 1. The lowest BCUT2D eigenvalue weighted by Crippen LogP contribution is -2.37. The van der Waals surface area contributed by atoms with Crippen molar-refractivity contribution in [1.82, 2.24) is 4.90 Å². The van der Waals surface area contributed by atoms with E-state index in [0.717, 1.165) is 25.4 Å². The normalized spacial score (nSPS) is 21.8. The molecule has 0 aromatic carbocycles. The molecule has 90 valence electrons. The van der Waals surface area contributed by atoms with Crippen LogP contribution >= 0.6 is 0 Å². The van der Waals surface area contributed by atoms with Gasteiger partial charge in [0.05, 0.1) is 0 Å². The summed E-state index contributed by atoms with van der Waals surface area (Å²) in [5.74, 6) is 0.783. The predicted molar refractivity (Wildman–Crippen MR) is 63.9 cm³/mol. The molecule has 1 heterocycles. The summed E-state index contributed by atoms with van der Waals surface area (Å²) in [5, 5.41) is 0. The van der Waals surface area contributed by atoms with Crippen molar-refractivity contribution in [2.75, 3.05) is 33.4 Å². The molecule has 3 heteroatoms. The number of rotatable bonds is 6. The first-order chi connectivity index (χ1) is 7.26. The molecule has 0 aromatic rings. The summed E-state index contributed by atoms with van der Waals surface area (Å²) < 4.78 is 5.19. The summed E-state index contributed by atoms with van der Waals surface area (Å²) in [6, 6.07) is 0.390. The number of hydrogen-bond acceptors (Lipinski definition) is 3. The quantitative estimate of drug-likeness (QED) is 0.728. The minimum Gasteiger partial charge on any atom is -0.384 e. The maximum absolute atomic E-state index is 5.92. The van der Waals surface area contributed by atoms with E-state index >= 15 is 0 Å². The lowest BCUT2D eigenvalue weighted by Gasteiger charge is -2.32. The van der Waals surface area contributed by atoms with Crippen LogP contribution in [0.5, 0.6) is 0 Å². The van der Waals surface area contributed by atoms with Crippen molar-refractivity contribution in [2.24, 2.45) is 11.7 Å². The van der Waals surface area contributed by atoms with Crippen molar-refractivity contribution in [3.8, 4) is 0 Å². The van der Waals surface area contributed by atoms with Gasteiger partial charge < -0.3 is 15.4 Å². The Morgan fingerprint density at radius 2 is 2.07 bits per heavy atom. The zero-order chi connectivity index (χ0) is 11.1. The summed E-state index contributed by atoms with van der Waals surface area (Å²) in [4.78, 5) is 2.54. The molecule has 1 atom stereocenters. The van der Waals surface area contributed by atoms with E-state index in [-0.39, 0.29) is 0 Å². The van der Waals surface area contributed by atoms with Gasteiger partial charge in [-0.3, -0.25) is 0 Å². The lowest BCUT2D eigenvalue weighted by molar-refractivity contribution is 0.0982. The highest BCUT2D eigenvalue weighted by Gasteiger charge is 2.18. The third-order valence-electron chi connectivity index (χ3n) is 3.45. The van der Waals surface area contributed by atoms with E-state index in [1.165, 1.54) is 32.5 Å². The van der Waals surface area contributed by atoms with Crippen LogP contribution in [0.25, 0.3) is 0 Å². The zero-order valence-electron chi connectivity index (χ0n) is 10.2. The Kier molecular flexibility index (Phi) is 6.22. The second kappa shape index (κ2) is 7.20. The predicted octanol–water partition coefficient (Wildman–Crippen LogP) is 1.47. The van der Waals surface area contributed by atoms with E-state index in [9.17, 15) is 0 Å². The average Bonchev–Trinajstić information content (AvgIpc) is 2.28. The minimum atomic E-state index is 0.390. The number of hydrogen-bond donors (Lipinski definition) is 1. The lowest BCUT2D eigenvalue weighted by atomic mass is 9.97. The van der Waals surface area contributed by atoms with Gasteiger partial charge in [0.15, 0.2) is 0 Å². The molecule has 3 nitrogen and oxygen atoms in total. The van der Waals surface area contributed by atoms with Crippen molar-refractivity contribution in [2.45, 2.75) is 38.6 Å². The number of nitrogens with zero attached hydrogens (tertiary/aromatic N) is 1. The van der Waals surface area contributed by atoms with Crippen LogP contribution < -0.4 is 5.73 Å². The van der Waals surface area contributed by atoms with E-state index in [1.807, 2.05) is 0 Å². The first-order valence-corrected chi connectivity index (χ1v) is 6.23. The highest BCUT2D eigenvalue weighted by atomic mass is 16.5. The Morgan fingerprint density at radius 1 is 1.40 bits per heavy atom. The Balaban J connectivity index is 2.09. The molecule has 0 aliphatic carbocycles. The molecule has 1 aliphatic rings. The highest BCUT2D eigenvalue weighted by molar-refractivity contribution is 4.73. The fraction of sp³-hybridized carbons (Fsp3) is 1.00. The van der Waals surface area contributed by atoms with Crippen molar-refractivity contribution < 1.29 is 4.74 Å². The zero-order valence-corrected chi connectivity index (χ0v) is 10.2. The Morgan fingerprint density at radius 3 is 2.60 bits per heavy atom. The van der Waals surface area contributed by atoms with Crippen LogP contribution in [-0.4, -0.2) is 44.3 Å². The molecule has 1 saturated heterocycles. The third kappa shape index (κ3) is 4.96. The smallest absolute Gasteiger partial charge is 0.0491 e. The van der Waals surface area contributed by atoms with Crippen LogP contribution in [0.3, 0.4) is 0 Å². The topological polar surface area (TPSA) is 38.5 Å². The summed E-state index contributed by atoms with van der Waals surface area (Å²) in [7, 11) is 1.80. The maximum Gasteiger partial charge on any atom is 0.0491 e. The molecule has 1 fully saturated rings. The summed E-state index contributed by atoms with van der Waals surface area (Å²) in [6.45, 7) is 6.72. The molecule has 0 bridgehead atoms. The van der Waals surface area contributed by atoms with Crippen LogP contribution in [0, 0.1) is 5.92 Å². The summed E-state index contributed by atoms with van der Waals surface area (Å²) >= 11 is 0. The molecule has 15 heavy (non-hydrogen) atoms. The molecular formula is C12H26N2O. The number of methoxy groups -OCH3 is 1. The molecule has 0 aromatic heterocycles. The van der Waals surface area contributed by atoms with Gasteiger partial charge in [-0.1, -0.05) is 6.92 Å². The third-order valence-corrected chi connectivity index (χ3v) is 3.45. The largest absolute Gasteiger partial charge is 0.384 e. The second-order valence-corrected chi connectivity index (χ2v) is 4.70. The van der Waals surface area contributed by atoms with Crippen LogP contribution in [-0.2, 0) is 4.74 Å². The standard InChI is InChI=1S/C12H26N2O/c1-3-12(13)6-9-14-7-4-11(5-8-14)10-15-2/h11-12H,3-10,13H2,1-2H3. The highest BCUT2D eigenvalue weighted by Crippen LogP contribution is 2.17.